The minimum Gasteiger partial charge on any atom is -0.486 e. The van der Waals surface area contributed by atoms with E-state index in [1.165, 1.54) is 0 Å². The van der Waals surface area contributed by atoms with Crippen LogP contribution in [0.25, 0.3) is 11.4 Å². The third-order valence-corrected chi connectivity index (χ3v) is 4.26. The van der Waals surface area contributed by atoms with Crippen LogP contribution in [-0.2, 0) is 0 Å². The number of ether oxygens (including phenoxy) is 2. The minimum absolute atomic E-state index is 0.518. The summed E-state index contributed by atoms with van der Waals surface area (Å²) in [6.45, 7) is 6.32. The fraction of sp³-hybridized carbons (Fsp3) is 0.273. The molecule has 0 aliphatic carbocycles. The lowest BCUT2D eigenvalue weighted by atomic mass is 10.2. The Labute approximate surface area is 164 Å². The lowest BCUT2D eigenvalue weighted by Crippen LogP contribution is -2.15. The Bertz CT molecular complexity index is 945. The average Bonchev–Trinajstić information content (AvgIpc) is 2.73. The number of aromatic nitrogens is 2. The van der Waals surface area contributed by atoms with Crippen LogP contribution < -0.4 is 20.1 Å². The molecule has 0 fully saturated rings. The van der Waals surface area contributed by atoms with Gasteiger partial charge in [0.2, 0.25) is 0 Å². The normalized spacial score (nSPS) is 12.7. The predicted octanol–water partition coefficient (Wildman–Crippen LogP) is 4.73. The molecule has 0 amide bonds. The van der Waals surface area contributed by atoms with Crippen LogP contribution in [0, 0.1) is 5.92 Å². The molecule has 1 aliphatic rings. The summed E-state index contributed by atoms with van der Waals surface area (Å²) in [4.78, 5) is 9.38. The Morgan fingerprint density at radius 3 is 2.43 bits per heavy atom. The van der Waals surface area contributed by atoms with Gasteiger partial charge in [0.1, 0.15) is 24.8 Å². The first-order valence-electron chi connectivity index (χ1n) is 9.52. The molecule has 6 nitrogen and oxygen atoms in total. The van der Waals surface area contributed by atoms with Crippen LogP contribution in [0.15, 0.2) is 54.6 Å². The quantitative estimate of drug-likeness (QED) is 0.648. The molecule has 0 saturated heterocycles. The second-order valence-electron chi connectivity index (χ2n) is 7.09. The number of rotatable bonds is 6. The summed E-state index contributed by atoms with van der Waals surface area (Å²) in [6.07, 6.45) is 0. The Morgan fingerprint density at radius 1 is 0.893 bits per heavy atom. The minimum atomic E-state index is 0.518. The highest BCUT2D eigenvalue weighted by Crippen LogP contribution is 2.33. The van der Waals surface area contributed by atoms with Gasteiger partial charge in [-0.3, -0.25) is 0 Å². The smallest absolute Gasteiger partial charge is 0.163 e. The number of hydrogen-bond acceptors (Lipinski definition) is 6. The average molecular weight is 376 g/mol. The summed E-state index contributed by atoms with van der Waals surface area (Å²) in [7, 11) is 0. The van der Waals surface area contributed by atoms with Crippen LogP contribution >= 0.6 is 0 Å². The zero-order chi connectivity index (χ0) is 19.3. The molecule has 144 valence electrons. The lowest BCUT2D eigenvalue weighted by molar-refractivity contribution is 0.171. The van der Waals surface area contributed by atoms with Crippen molar-refractivity contribution >= 4 is 17.3 Å². The fourth-order valence-corrected chi connectivity index (χ4v) is 2.90. The van der Waals surface area contributed by atoms with E-state index in [0.29, 0.717) is 25.0 Å². The maximum atomic E-state index is 5.67. The number of anilines is 3. The highest BCUT2D eigenvalue weighted by atomic mass is 16.6. The molecule has 0 saturated carbocycles. The Morgan fingerprint density at radius 2 is 1.64 bits per heavy atom. The van der Waals surface area contributed by atoms with Crippen molar-refractivity contribution in [3.8, 4) is 22.9 Å². The summed E-state index contributed by atoms with van der Waals surface area (Å²) in [5, 5.41) is 6.76. The van der Waals surface area contributed by atoms with Gasteiger partial charge in [-0.15, -0.1) is 0 Å². The molecule has 0 radical (unpaired) electrons. The molecular formula is C22H24N4O2. The molecule has 2 heterocycles. The van der Waals surface area contributed by atoms with E-state index in [1.807, 2.05) is 54.6 Å². The number of fused-ring (bicyclic) bond motifs is 1. The standard InChI is InChI=1S/C22H24N4O2/c1-15(2)14-23-20-13-21(26-22(25-20)16-6-4-3-5-7-16)24-17-8-9-18-19(12-17)28-11-10-27-18/h3-9,12-13,15H,10-11,14H2,1-2H3,(H2,23,24,25,26). The van der Waals surface area contributed by atoms with Crippen LogP contribution in [0.1, 0.15) is 13.8 Å². The molecule has 0 bridgehead atoms. The molecule has 0 unspecified atom stereocenters. The van der Waals surface area contributed by atoms with Crippen molar-refractivity contribution in [2.24, 2.45) is 5.92 Å². The summed E-state index contributed by atoms with van der Waals surface area (Å²) in [5.41, 5.74) is 1.86. The molecule has 2 N–H and O–H groups in total. The van der Waals surface area contributed by atoms with Crippen molar-refractivity contribution in [1.29, 1.82) is 0 Å². The molecule has 3 aromatic rings. The molecule has 2 aromatic carbocycles. The summed E-state index contributed by atoms with van der Waals surface area (Å²) in [5.74, 6) is 4.22. The van der Waals surface area contributed by atoms with E-state index >= 15 is 0 Å². The summed E-state index contributed by atoms with van der Waals surface area (Å²) in [6, 6.07) is 17.7. The molecule has 0 atom stereocenters. The van der Waals surface area contributed by atoms with Crippen molar-refractivity contribution in [1.82, 2.24) is 9.97 Å². The third-order valence-electron chi connectivity index (χ3n) is 4.26. The van der Waals surface area contributed by atoms with Gasteiger partial charge < -0.3 is 20.1 Å². The van der Waals surface area contributed by atoms with Crippen molar-refractivity contribution in [3.05, 3.63) is 54.6 Å². The van der Waals surface area contributed by atoms with Gasteiger partial charge in [0.15, 0.2) is 17.3 Å². The summed E-state index contributed by atoms with van der Waals surface area (Å²) < 4.78 is 11.3. The van der Waals surface area contributed by atoms with Crippen LogP contribution in [0.4, 0.5) is 17.3 Å². The fourth-order valence-electron chi connectivity index (χ4n) is 2.90. The molecule has 0 spiro atoms. The van der Waals surface area contributed by atoms with Gasteiger partial charge in [0.25, 0.3) is 0 Å². The maximum Gasteiger partial charge on any atom is 0.163 e. The monoisotopic (exact) mass is 376 g/mol. The topological polar surface area (TPSA) is 68.3 Å². The van der Waals surface area contributed by atoms with Crippen molar-refractivity contribution in [2.75, 3.05) is 30.4 Å². The van der Waals surface area contributed by atoms with E-state index in [9.17, 15) is 0 Å². The second-order valence-corrected chi connectivity index (χ2v) is 7.09. The Kier molecular flexibility index (Phi) is 5.28. The van der Waals surface area contributed by atoms with Crippen LogP contribution in [0.3, 0.4) is 0 Å². The number of benzene rings is 2. The van der Waals surface area contributed by atoms with Crippen LogP contribution in [0.2, 0.25) is 0 Å². The molecule has 6 heteroatoms. The van der Waals surface area contributed by atoms with E-state index < -0.39 is 0 Å². The largest absolute Gasteiger partial charge is 0.486 e. The number of nitrogens with zero attached hydrogens (tertiary/aromatic N) is 2. The van der Waals surface area contributed by atoms with E-state index in [2.05, 4.69) is 29.5 Å². The van der Waals surface area contributed by atoms with E-state index in [0.717, 1.165) is 40.9 Å². The SMILES string of the molecule is CC(C)CNc1cc(Nc2ccc3c(c2)OCCO3)nc(-c2ccccc2)n1. The lowest BCUT2D eigenvalue weighted by Gasteiger charge is -2.19. The number of hydrogen-bond donors (Lipinski definition) is 2. The van der Waals surface area contributed by atoms with Gasteiger partial charge in [-0.05, 0) is 18.1 Å². The number of nitrogens with one attached hydrogen (secondary N) is 2. The van der Waals surface area contributed by atoms with Crippen LogP contribution in [-0.4, -0.2) is 29.7 Å². The third kappa shape index (κ3) is 4.34. The van der Waals surface area contributed by atoms with Crippen molar-refractivity contribution in [2.45, 2.75) is 13.8 Å². The molecule has 28 heavy (non-hydrogen) atoms. The van der Waals surface area contributed by atoms with Crippen molar-refractivity contribution in [3.63, 3.8) is 0 Å². The first-order chi connectivity index (χ1) is 13.7. The van der Waals surface area contributed by atoms with E-state index in [1.54, 1.807) is 0 Å². The first-order valence-corrected chi connectivity index (χ1v) is 9.52. The Hall–Kier alpha value is -3.28. The highest BCUT2D eigenvalue weighted by Gasteiger charge is 2.13. The summed E-state index contributed by atoms with van der Waals surface area (Å²) >= 11 is 0. The van der Waals surface area contributed by atoms with Gasteiger partial charge in [-0.1, -0.05) is 44.2 Å². The molecular weight excluding hydrogens is 352 g/mol. The Balaban J connectivity index is 1.64. The zero-order valence-electron chi connectivity index (χ0n) is 16.1. The maximum absolute atomic E-state index is 5.67. The van der Waals surface area contributed by atoms with E-state index in [-0.39, 0.29) is 0 Å². The van der Waals surface area contributed by atoms with Gasteiger partial charge in [-0.2, -0.15) is 0 Å². The molecule has 1 aliphatic heterocycles. The van der Waals surface area contributed by atoms with Crippen molar-refractivity contribution < 1.29 is 9.47 Å². The van der Waals surface area contributed by atoms with Gasteiger partial charge in [-0.25, -0.2) is 9.97 Å². The molecule has 4 rings (SSSR count). The molecule has 1 aromatic heterocycles. The highest BCUT2D eigenvalue weighted by molar-refractivity contribution is 5.67. The van der Waals surface area contributed by atoms with Crippen LogP contribution in [0.5, 0.6) is 11.5 Å². The predicted molar refractivity (Wildman–Crippen MR) is 112 cm³/mol. The van der Waals surface area contributed by atoms with E-state index in [4.69, 9.17) is 14.5 Å². The van der Waals surface area contributed by atoms with Gasteiger partial charge >= 0.3 is 0 Å². The second kappa shape index (κ2) is 8.17. The van der Waals surface area contributed by atoms with Gasteiger partial charge in [0.05, 0.1) is 0 Å². The first kappa shape index (κ1) is 18.1. The van der Waals surface area contributed by atoms with Gasteiger partial charge in [0, 0.05) is 29.9 Å². The zero-order valence-corrected chi connectivity index (χ0v) is 16.1.